The zero-order valence-corrected chi connectivity index (χ0v) is 23.3. The molecule has 5 rings (SSSR count). The molecule has 41 heavy (non-hydrogen) atoms. The molecule has 2 heterocycles. The first-order valence-corrected chi connectivity index (χ1v) is 14.3. The highest BCUT2D eigenvalue weighted by molar-refractivity contribution is 5.97. The predicted octanol–water partition coefficient (Wildman–Crippen LogP) is 5.52. The van der Waals surface area contributed by atoms with Crippen LogP contribution < -0.4 is 16.0 Å². The highest BCUT2D eigenvalue weighted by Gasteiger charge is 2.19. The van der Waals surface area contributed by atoms with E-state index in [0.717, 1.165) is 66.0 Å². The van der Waals surface area contributed by atoms with Gasteiger partial charge in [-0.25, -0.2) is 0 Å². The van der Waals surface area contributed by atoms with Crippen molar-refractivity contribution in [1.82, 2.24) is 9.88 Å². The van der Waals surface area contributed by atoms with E-state index in [2.05, 4.69) is 45.5 Å². The second kappa shape index (κ2) is 13.7. The molecule has 7 heteroatoms. The first kappa shape index (κ1) is 28.1. The maximum atomic E-state index is 13.3. The molecular weight excluding hydrogens is 510 g/mol. The zero-order chi connectivity index (χ0) is 28.4. The van der Waals surface area contributed by atoms with Crippen LogP contribution in [-0.4, -0.2) is 47.9 Å². The third-order valence-corrected chi connectivity index (χ3v) is 7.39. The Labute approximate surface area is 242 Å². The van der Waals surface area contributed by atoms with Crippen molar-refractivity contribution in [3.8, 4) is 11.1 Å². The molecule has 1 saturated heterocycles. The van der Waals surface area contributed by atoms with Crippen LogP contribution in [0.5, 0.6) is 0 Å². The Morgan fingerprint density at radius 2 is 1.66 bits per heavy atom. The smallest absolute Gasteiger partial charge is 0.255 e. The standard InChI is InChI=1S/C34H37N5O2/c35-16-8-20-39(34(41)30-13-7-17-36-24-30)25-27-11-6-12-28(21-27)29-14-15-32(38-18-4-5-19-38)31(23-29)37-33(40)22-26-9-2-1-3-10-26/h1-3,6-7,9-15,17,21,23-24H,4-5,8,16,18-20,22,25,35H2,(H,37,40). The summed E-state index contributed by atoms with van der Waals surface area (Å²) < 4.78 is 0. The van der Waals surface area contributed by atoms with Crippen molar-refractivity contribution in [3.63, 3.8) is 0 Å². The maximum Gasteiger partial charge on any atom is 0.255 e. The van der Waals surface area contributed by atoms with Crippen molar-refractivity contribution < 1.29 is 9.59 Å². The van der Waals surface area contributed by atoms with Gasteiger partial charge in [0, 0.05) is 38.6 Å². The summed E-state index contributed by atoms with van der Waals surface area (Å²) in [6, 6.07) is 27.9. The Kier molecular flexibility index (Phi) is 9.39. The lowest BCUT2D eigenvalue weighted by molar-refractivity contribution is -0.115. The predicted molar refractivity (Wildman–Crippen MR) is 165 cm³/mol. The van der Waals surface area contributed by atoms with E-state index in [4.69, 9.17) is 5.73 Å². The summed E-state index contributed by atoms with van der Waals surface area (Å²) in [6.45, 7) is 3.52. The van der Waals surface area contributed by atoms with Gasteiger partial charge in [0.15, 0.2) is 0 Å². The minimum Gasteiger partial charge on any atom is -0.370 e. The molecule has 0 bridgehead atoms. The number of benzene rings is 3. The van der Waals surface area contributed by atoms with Crippen LogP contribution in [0.1, 0.15) is 40.7 Å². The molecule has 1 aliphatic rings. The zero-order valence-electron chi connectivity index (χ0n) is 23.3. The number of nitrogens with two attached hydrogens (primary N) is 1. The number of nitrogens with zero attached hydrogens (tertiary/aromatic N) is 3. The maximum absolute atomic E-state index is 13.3. The van der Waals surface area contributed by atoms with E-state index >= 15 is 0 Å². The van der Waals surface area contributed by atoms with Gasteiger partial charge < -0.3 is 20.9 Å². The van der Waals surface area contributed by atoms with Crippen LogP contribution in [0.4, 0.5) is 11.4 Å². The van der Waals surface area contributed by atoms with Gasteiger partial charge in [-0.3, -0.25) is 14.6 Å². The molecule has 0 atom stereocenters. The van der Waals surface area contributed by atoms with E-state index in [1.54, 1.807) is 24.5 Å². The summed E-state index contributed by atoms with van der Waals surface area (Å²) in [5, 5.41) is 3.20. The minimum absolute atomic E-state index is 0.0352. The number of aromatic nitrogens is 1. The lowest BCUT2D eigenvalue weighted by Crippen LogP contribution is -2.32. The van der Waals surface area contributed by atoms with Crippen LogP contribution >= 0.6 is 0 Å². The Morgan fingerprint density at radius 3 is 2.41 bits per heavy atom. The number of hydrogen-bond donors (Lipinski definition) is 2. The van der Waals surface area contributed by atoms with Crippen molar-refractivity contribution in [1.29, 1.82) is 0 Å². The van der Waals surface area contributed by atoms with Gasteiger partial charge >= 0.3 is 0 Å². The van der Waals surface area contributed by atoms with E-state index in [9.17, 15) is 9.59 Å². The van der Waals surface area contributed by atoms with Gasteiger partial charge in [-0.2, -0.15) is 0 Å². The summed E-state index contributed by atoms with van der Waals surface area (Å²) in [5.41, 5.74) is 12.3. The first-order chi connectivity index (χ1) is 20.1. The molecule has 0 saturated carbocycles. The molecule has 0 spiro atoms. The second-order valence-corrected chi connectivity index (χ2v) is 10.4. The second-order valence-electron chi connectivity index (χ2n) is 10.4. The topological polar surface area (TPSA) is 91.6 Å². The van der Waals surface area contributed by atoms with Gasteiger partial charge in [0.1, 0.15) is 0 Å². The van der Waals surface area contributed by atoms with Crippen molar-refractivity contribution in [3.05, 3.63) is 114 Å². The molecule has 0 radical (unpaired) electrons. The fourth-order valence-corrected chi connectivity index (χ4v) is 5.30. The fourth-order valence-electron chi connectivity index (χ4n) is 5.30. The highest BCUT2D eigenvalue weighted by Crippen LogP contribution is 2.34. The molecule has 7 nitrogen and oxygen atoms in total. The van der Waals surface area contributed by atoms with Crippen LogP contribution in [0.3, 0.4) is 0 Å². The van der Waals surface area contributed by atoms with Gasteiger partial charge in [-0.15, -0.1) is 0 Å². The lowest BCUT2D eigenvalue weighted by Gasteiger charge is -2.24. The quantitative estimate of drug-likeness (QED) is 0.258. The van der Waals surface area contributed by atoms with Crippen LogP contribution in [-0.2, 0) is 17.8 Å². The van der Waals surface area contributed by atoms with E-state index in [1.807, 2.05) is 47.4 Å². The molecule has 210 valence electrons. The molecule has 3 aromatic carbocycles. The van der Waals surface area contributed by atoms with Gasteiger partial charge in [-0.05, 0) is 78.4 Å². The molecule has 0 aliphatic carbocycles. The molecule has 3 N–H and O–H groups in total. The molecule has 2 amide bonds. The third-order valence-electron chi connectivity index (χ3n) is 7.39. The Hall–Kier alpha value is -4.49. The van der Waals surface area contributed by atoms with E-state index < -0.39 is 0 Å². The number of hydrogen-bond acceptors (Lipinski definition) is 5. The van der Waals surface area contributed by atoms with Gasteiger partial charge in [0.25, 0.3) is 5.91 Å². The lowest BCUT2D eigenvalue weighted by atomic mass is 10.0. The summed E-state index contributed by atoms with van der Waals surface area (Å²) in [5.74, 6) is -0.0951. The van der Waals surface area contributed by atoms with Crippen LogP contribution in [0.25, 0.3) is 11.1 Å². The van der Waals surface area contributed by atoms with Crippen molar-refractivity contribution in [2.75, 3.05) is 36.4 Å². The van der Waals surface area contributed by atoms with E-state index in [-0.39, 0.29) is 11.8 Å². The number of rotatable bonds is 11. The summed E-state index contributed by atoms with van der Waals surface area (Å²) in [7, 11) is 0. The number of carbonyl (C=O) groups is 2. The van der Waals surface area contributed by atoms with Crippen molar-refractivity contribution >= 4 is 23.2 Å². The Balaban J connectivity index is 1.39. The van der Waals surface area contributed by atoms with Crippen LogP contribution in [0, 0.1) is 0 Å². The number of carbonyl (C=O) groups excluding carboxylic acids is 2. The average molecular weight is 548 g/mol. The first-order valence-electron chi connectivity index (χ1n) is 14.3. The van der Waals surface area contributed by atoms with E-state index in [1.165, 1.54) is 0 Å². The van der Waals surface area contributed by atoms with Crippen LogP contribution in [0.2, 0.25) is 0 Å². The minimum atomic E-state index is -0.0599. The number of amides is 2. The third kappa shape index (κ3) is 7.38. The normalized spacial score (nSPS) is 12.8. The van der Waals surface area contributed by atoms with Crippen molar-refractivity contribution in [2.24, 2.45) is 5.73 Å². The number of pyridine rings is 1. The summed E-state index contributed by atoms with van der Waals surface area (Å²) in [4.78, 5) is 34.6. The Morgan fingerprint density at radius 1 is 0.878 bits per heavy atom. The highest BCUT2D eigenvalue weighted by atomic mass is 16.2. The molecule has 4 aromatic rings. The molecule has 1 fully saturated rings. The SMILES string of the molecule is NCCCN(Cc1cccc(-c2ccc(N3CCCC3)c(NC(=O)Cc3ccccc3)c2)c1)C(=O)c1cccnc1. The van der Waals surface area contributed by atoms with Gasteiger partial charge in [0.2, 0.25) is 5.91 Å². The fraction of sp³-hybridized carbons (Fsp3) is 0.265. The largest absolute Gasteiger partial charge is 0.370 e. The van der Waals surface area contributed by atoms with Gasteiger partial charge in [-0.1, -0.05) is 54.6 Å². The van der Waals surface area contributed by atoms with Crippen LogP contribution in [0.15, 0.2) is 97.3 Å². The van der Waals surface area contributed by atoms with E-state index in [0.29, 0.717) is 31.6 Å². The molecule has 1 aromatic heterocycles. The average Bonchev–Trinajstić information content (AvgIpc) is 3.55. The summed E-state index contributed by atoms with van der Waals surface area (Å²) in [6.07, 6.45) is 6.61. The number of anilines is 2. The van der Waals surface area contributed by atoms with Crippen molar-refractivity contribution in [2.45, 2.75) is 32.2 Å². The monoisotopic (exact) mass is 547 g/mol. The Bertz CT molecular complexity index is 1450. The van der Waals surface area contributed by atoms with Gasteiger partial charge in [0.05, 0.1) is 23.4 Å². The summed E-state index contributed by atoms with van der Waals surface area (Å²) >= 11 is 0. The number of nitrogens with one attached hydrogen (secondary N) is 1. The molecule has 1 aliphatic heterocycles. The molecule has 0 unspecified atom stereocenters. The molecular formula is C34H37N5O2.